The highest BCUT2D eigenvalue weighted by atomic mass is 16.7. The number of amides is 1. The molecule has 0 aromatic carbocycles. The topological polar surface area (TPSA) is 153 Å². The second-order valence-corrected chi connectivity index (χ2v) is 8.57. The van der Waals surface area contributed by atoms with E-state index in [1.165, 1.54) is 13.8 Å². The summed E-state index contributed by atoms with van der Waals surface area (Å²) in [5, 5.41) is 2.55. The van der Waals surface area contributed by atoms with Gasteiger partial charge in [-0.05, 0) is 12.8 Å². The van der Waals surface area contributed by atoms with Crippen LogP contribution >= 0.6 is 0 Å². The predicted molar refractivity (Wildman–Crippen MR) is 124 cm³/mol. The van der Waals surface area contributed by atoms with Crippen molar-refractivity contribution in [1.82, 2.24) is 5.32 Å². The van der Waals surface area contributed by atoms with Gasteiger partial charge in [-0.25, -0.2) is 0 Å². The fourth-order valence-electron chi connectivity index (χ4n) is 3.80. The van der Waals surface area contributed by atoms with Crippen molar-refractivity contribution in [2.75, 3.05) is 20.3 Å². The van der Waals surface area contributed by atoms with E-state index in [9.17, 15) is 24.0 Å². The number of unbranched alkanes of at least 4 members (excludes halogenated alkanes) is 5. The number of methoxy groups -OCH3 is 1. The van der Waals surface area contributed by atoms with E-state index in [0.29, 0.717) is 6.42 Å². The molecule has 1 amide bonds. The SMILES string of the molecule is COCCCCCCCCC(=O)O[C@@H]1O[C@H](COC(C)=O)[C@H](OC(C)=O)[C@H](OC(C)=O)[C@H]1NC(C)=O. The Balaban J connectivity index is 2.93. The molecule has 36 heavy (non-hydrogen) atoms. The van der Waals surface area contributed by atoms with E-state index in [1.54, 1.807) is 7.11 Å². The Morgan fingerprint density at radius 1 is 0.750 bits per heavy atom. The van der Waals surface area contributed by atoms with Gasteiger partial charge in [-0.3, -0.25) is 24.0 Å². The molecule has 5 atom stereocenters. The number of carbonyl (C=O) groups excluding carboxylic acids is 5. The van der Waals surface area contributed by atoms with Gasteiger partial charge in [0, 0.05) is 47.8 Å². The molecule has 1 saturated heterocycles. The van der Waals surface area contributed by atoms with E-state index in [0.717, 1.165) is 52.6 Å². The number of hydrogen-bond acceptors (Lipinski definition) is 11. The Morgan fingerprint density at radius 3 is 1.89 bits per heavy atom. The van der Waals surface area contributed by atoms with E-state index in [4.69, 9.17) is 28.4 Å². The fraction of sp³-hybridized carbons (Fsp3) is 0.792. The summed E-state index contributed by atoms with van der Waals surface area (Å²) in [6, 6.07) is -1.17. The lowest BCUT2D eigenvalue weighted by Crippen LogP contribution is -2.66. The van der Waals surface area contributed by atoms with Crippen LogP contribution in [0.4, 0.5) is 0 Å². The molecule has 1 N–H and O–H groups in total. The monoisotopic (exact) mass is 517 g/mol. The van der Waals surface area contributed by atoms with Gasteiger partial charge in [0.2, 0.25) is 12.2 Å². The van der Waals surface area contributed by atoms with Crippen LogP contribution in [0.5, 0.6) is 0 Å². The first kappa shape index (κ1) is 31.3. The zero-order chi connectivity index (χ0) is 27.1. The number of carbonyl (C=O) groups is 5. The van der Waals surface area contributed by atoms with Crippen molar-refractivity contribution < 1.29 is 52.4 Å². The van der Waals surface area contributed by atoms with Crippen LogP contribution < -0.4 is 5.32 Å². The first-order valence-corrected chi connectivity index (χ1v) is 12.1. The van der Waals surface area contributed by atoms with Crippen LogP contribution in [0.3, 0.4) is 0 Å². The maximum Gasteiger partial charge on any atom is 0.308 e. The molecule has 12 heteroatoms. The van der Waals surface area contributed by atoms with Crippen LogP contribution in [-0.4, -0.2) is 80.8 Å². The summed E-state index contributed by atoms with van der Waals surface area (Å²) in [6.07, 6.45) is 0.581. The lowest BCUT2D eigenvalue weighted by atomic mass is 9.96. The second kappa shape index (κ2) is 16.9. The summed E-state index contributed by atoms with van der Waals surface area (Å²) in [4.78, 5) is 59.4. The highest BCUT2D eigenvalue weighted by molar-refractivity contribution is 5.74. The third-order valence-electron chi connectivity index (χ3n) is 5.30. The average molecular weight is 518 g/mol. The van der Waals surface area contributed by atoms with Gasteiger partial charge in [0.1, 0.15) is 18.8 Å². The Hall–Kier alpha value is -2.73. The predicted octanol–water partition coefficient (Wildman–Crippen LogP) is 1.56. The summed E-state index contributed by atoms with van der Waals surface area (Å²) in [5.74, 6) is -3.16. The van der Waals surface area contributed by atoms with Crippen molar-refractivity contribution in [2.45, 2.75) is 103 Å². The standard InChI is InChI=1S/C24H39NO11/c1-15(26)25-21-23(34-18(4)29)22(33-17(3)28)19(14-32-16(2)27)35-24(21)36-20(30)12-10-8-6-7-9-11-13-31-5/h19,21-24H,6-14H2,1-5H3,(H,25,26)/t19-,21-,22+,23-,24+/m1/s1. The Labute approximate surface area is 211 Å². The summed E-state index contributed by atoms with van der Waals surface area (Å²) < 4.78 is 32.0. The number of esters is 4. The van der Waals surface area contributed by atoms with Crippen molar-refractivity contribution in [2.24, 2.45) is 0 Å². The Bertz CT molecular complexity index is 742. The van der Waals surface area contributed by atoms with Gasteiger partial charge >= 0.3 is 23.9 Å². The van der Waals surface area contributed by atoms with Crippen LogP contribution in [0.15, 0.2) is 0 Å². The van der Waals surface area contributed by atoms with E-state index in [2.05, 4.69) is 5.32 Å². The molecule has 1 rings (SSSR count). The van der Waals surface area contributed by atoms with Gasteiger partial charge < -0.3 is 33.7 Å². The quantitative estimate of drug-likeness (QED) is 0.191. The van der Waals surface area contributed by atoms with Crippen LogP contribution in [0.25, 0.3) is 0 Å². The molecule has 0 aromatic rings. The molecule has 1 fully saturated rings. The molecule has 0 saturated carbocycles. The van der Waals surface area contributed by atoms with E-state index >= 15 is 0 Å². The maximum atomic E-state index is 12.6. The van der Waals surface area contributed by atoms with Gasteiger partial charge in [0.25, 0.3) is 0 Å². The zero-order valence-electron chi connectivity index (χ0n) is 21.7. The summed E-state index contributed by atoms with van der Waals surface area (Å²) in [5.41, 5.74) is 0. The Morgan fingerprint density at radius 2 is 1.33 bits per heavy atom. The smallest absolute Gasteiger partial charge is 0.308 e. The minimum absolute atomic E-state index is 0.116. The lowest BCUT2D eigenvalue weighted by molar-refractivity contribution is -0.271. The molecule has 0 bridgehead atoms. The largest absolute Gasteiger partial charge is 0.463 e. The van der Waals surface area contributed by atoms with Crippen LogP contribution in [0, 0.1) is 0 Å². The molecule has 0 unspecified atom stereocenters. The number of rotatable bonds is 15. The minimum atomic E-state index is -1.38. The van der Waals surface area contributed by atoms with E-state index in [1.807, 2.05) is 0 Å². The van der Waals surface area contributed by atoms with Gasteiger partial charge in [-0.15, -0.1) is 0 Å². The van der Waals surface area contributed by atoms with E-state index < -0.39 is 60.4 Å². The first-order valence-electron chi connectivity index (χ1n) is 12.1. The van der Waals surface area contributed by atoms with Gasteiger partial charge in [0.15, 0.2) is 12.2 Å². The summed E-state index contributed by atoms with van der Waals surface area (Å²) >= 11 is 0. The van der Waals surface area contributed by atoms with E-state index in [-0.39, 0.29) is 13.0 Å². The van der Waals surface area contributed by atoms with Crippen LogP contribution in [0.2, 0.25) is 0 Å². The first-order chi connectivity index (χ1) is 17.0. The average Bonchev–Trinajstić information content (AvgIpc) is 2.77. The van der Waals surface area contributed by atoms with Gasteiger partial charge in [-0.2, -0.15) is 0 Å². The lowest BCUT2D eigenvalue weighted by Gasteiger charge is -2.44. The molecule has 0 radical (unpaired) electrons. The van der Waals surface area contributed by atoms with Crippen molar-refractivity contribution in [3.63, 3.8) is 0 Å². The summed E-state index contributed by atoms with van der Waals surface area (Å²) in [7, 11) is 1.67. The molecular weight excluding hydrogens is 478 g/mol. The molecule has 1 heterocycles. The third kappa shape index (κ3) is 12.3. The third-order valence-corrected chi connectivity index (χ3v) is 5.30. The Kier molecular flexibility index (Phi) is 14.7. The fourth-order valence-corrected chi connectivity index (χ4v) is 3.80. The molecule has 12 nitrogen and oxygen atoms in total. The van der Waals surface area contributed by atoms with Crippen molar-refractivity contribution in [1.29, 1.82) is 0 Å². The van der Waals surface area contributed by atoms with Crippen molar-refractivity contribution in [3.8, 4) is 0 Å². The minimum Gasteiger partial charge on any atom is -0.463 e. The molecule has 1 aliphatic rings. The summed E-state index contributed by atoms with van der Waals surface area (Å²) in [6.45, 7) is 5.06. The molecular formula is C24H39NO11. The maximum absolute atomic E-state index is 12.6. The second-order valence-electron chi connectivity index (χ2n) is 8.57. The molecule has 0 spiro atoms. The molecule has 206 valence electrons. The van der Waals surface area contributed by atoms with Crippen LogP contribution in [-0.2, 0) is 52.4 Å². The zero-order valence-corrected chi connectivity index (χ0v) is 21.7. The number of nitrogens with one attached hydrogen (secondary N) is 1. The highest BCUT2D eigenvalue weighted by Crippen LogP contribution is 2.28. The van der Waals surface area contributed by atoms with Crippen LogP contribution in [0.1, 0.15) is 72.6 Å². The number of hydrogen-bond donors (Lipinski definition) is 1. The van der Waals surface area contributed by atoms with Crippen molar-refractivity contribution >= 4 is 29.8 Å². The highest BCUT2D eigenvalue weighted by Gasteiger charge is 2.52. The normalized spacial score (nSPS) is 23.3. The van der Waals surface area contributed by atoms with Crippen molar-refractivity contribution in [3.05, 3.63) is 0 Å². The van der Waals surface area contributed by atoms with Gasteiger partial charge in [0.05, 0.1) is 0 Å². The molecule has 0 aliphatic carbocycles. The number of ether oxygens (including phenoxy) is 6. The van der Waals surface area contributed by atoms with Gasteiger partial charge in [-0.1, -0.05) is 25.7 Å². The molecule has 1 aliphatic heterocycles. The molecule has 0 aromatic heterocycles.